The lowest BCUT2D eigenvalue weighted by molar-refractivity contribution is -0.135. The summed E-state index contributed by atoms with van der Waals surface area (Å²) >= 11 is 0. The summed E-state index contributed by atoms with van der Waals surface area (Å²) in [6.07, 6.45) is 2.16. The minimum atomic E-state index is -0.295. The Labute approximate surface area is 137 Å². The average molecular weight is 315 g/mol. The molecule has 0 radical (unpaired) electrons. The normalized spacial score (nSPS) is 11.5. The van der Waals surface area contributed by atoms with E-state index in [4.69, 9.17) is 0 Å². The van der Waals surface area contributed by atoms with Crippen molar-refractivity contribution < 1.29 is 9.59 Å². The fourth-order valence-electron chi connectivity index (χ4n) is 2.56. The number of benzene rings is 1. The van der Waals surface area contributed by atoms with E-state index >= 15 is 0 Å². The lowest BCUT2D eigenvalue weighted by Crippen LogP contribution is -2.47. The van der Waals surface area contributed by atoms with Crippen molar-refractivity contribution in [1.82, 2.24) is 15.2 Å². The molecule has 1 aromatic heterocycles. The highest BCUT2D eigenvalue weighted by molar-refractivity contribution is 5.90. The third kappa shape index (κ3) is 4.58. The number of aromatic amines is 1. The third-order valence-corrected chi connectivity index (χ3v) is 3.60. The van der Waals surface area contributed by atoms with E-state index in [-0.39, 0.29) is 23.9 Å². The van der Waals surface area contributed by atoms with Gasteiger partial charge < -0.3 is 15.2 Å². The van der Waals surface area contributed by atoms with Crippen molar-refractivity contribution in [3.8, 4) is 0 Å². The van der Waals surface area contributed by atoms with E-state index in [1.54, 1.807) is 4.90 Å². The molecule has 0 fully saturated rings. The number of nitrogens with zero attached hydrogens (tertiary/aromatic N) is 1. The predicted octanol–water partition coefficient (Wildman–Crippen LogP) is 2.47. The number of carbonyl (C=O) groups excluding carboxylic acids is 2. The second-order valence-electron chi connectivity index (χ2n) is 6.74. The number of para-hydroxylation sites is 1. The van der Waals surface area contributed by atoms with Gasteiger partial charge in [-0.1, -0.05) is 18.2 Å². The predicted molar refractivity (Wildman–Crippen MR) is 92.2 cm³/mol. The lowest BCUT2D eigenvalue weighted by Gasteiger charge is -2.25. The smallest absolute Gasteiger partial charge is 0.240 e. The first-order valence-electron chi connectivity index (χ1n) is 7.94. The third-order valence-electron chi connectivity index (χ3n) is 3.60. The Morgan fingerprint density at radius 3 is 2.57 bits per heavy atom. The van der Waals surface area contributed by atoms with Crippen molar-refractivity contribution in [3.05, 3.63) is 36.0 Å². The zero-order chi connectivity index (χ0) is 17.0. The molecule has 0 saturated carbocycles. The number of likely N-dealkylation sites (N-methyl/N-ethyl adjacent to an activating group) is 1. The fourth-order valence-corrected chi connectivity index (χ4v) is 2.56. The molecule has 5 nitrogen and oxygen atoms in total. The van der Waals surface area contributed by atoms with Crippen LogP contribution in [0.1, 0.15) is 33.3 Å². The first-order valence-corrected chi connectivity index (χ1v) is 7.94. The minimum Gasteiger partial charge on any atom is -0.361 e. The molecule has 0 unspecified atom stereocenters. The van der Waals surface area contributed by atoms with Crippen LogP contribution in [0.4, 0.5) is 0 Å². The Hall–Kier alpha value is -2.30. The number of carbonyl (C=O) groups is 2. The van der Waals surface area contributed by atoms with E-state index in [1.807, 2.05) is 58.2 Å². The topological polar surface area (TPSA) is 65.2 Å². The first kappa shape index (κ1) is 17.1. The molecule has 5 heteroatoms. The molecule has 0 aliphatic rings. The van der Waals surface area contributed by atoms with Crippen LogP contribution >= 0.6 is 0 Å². The van der Waals surface area contributed by atoms with Gasteiger partial charge in [0.1, 0.15) is 0 Å². The molecule has 124 valence electrons. The van der Waals surface area contributed by atoms with Gasteiger partial charge in [0.2, 0.25) is 11.8 Å². The number of aromatic nitrogens is 1. The summed E-state index contributed by atoms with van der Waals surface area (Å²) in [4.78, 5) is 29.3. The number of rotatable bonds is 5. The molecule has 0 saturated heterocycles. The molecule has 0 aliphatic carbocycles. The summed E-state index contributed by atoms with van der Waals surface area (Å²) in [5.41, 5.74) is 1.68. The van der Waals surface area contributed by atoms with Gasteiger partial charge in [-0.25, -0.2) is 0 Å². The monoisotopic (exact) mass is 315 g/mol. The first-order chi connectivity index (χ1) is 10.8. The minimum absolute atomic E-state index is 0.0405. The zero-order valence-electron chi connectivity index (χ0n) is 14.3. The van der Waals surface area contributed by atoms with E-state index in [9.17, 15) is 9.59 Å². The molecule has 2 N–H and O–H groups in total. The standard InChI is InChI=1S/C18H25N3O2/c1-5-21(12-16(22)20-18(2,3)4)17(23)10-13-11-19-15-9-7-6-8-14(13)15/h6-9,11,19H,5,10,12H2,1-4H3,(H,20,22). The molecule has 2 aromatic rings. The average Bonchev–Trinajstić information content (AvgIpc) is 2.86. The van der Waals surface area contributed by atoms with Crippen LogP contribution in [0.2, 0.25) is 0 Å². The highest BCUT2D eigenvalue weighted by atomic mass is 16.2. The Kier molecular flexibility index (Phi) is 5.08. The maximum absolute atomic E-state index is 12.5. The van der Waals surface area contributed by atoms with E-state index in [0.717, 1.165) is 16.5 Å². The van der Waals surface area contributed by atoms with Crippen molar-refractivity contribution >= 4 is 22.7 Å². The molecule has 0 bridgehead atoms. The Balaban J connectivity index is 2.04. The quantitative estimate of drug-likeness (QED) is 0.890. The van der Waals surface area contributed by atoms with Gasteiger partial charge in [-0.2, -0.15) is 0 Å². The second kappa shape index (κ2) is 6.86. The van der Waals surface area contributed by atoms with Gasteiger partial charge >= 0.3 is 0 Å². The SMILES string of the molecule is CCN(CC(=O)NC(C)(C)C)C(=O)Cc1c[nH]c2ccccc12. The zero-order valence-corrected chi connectivity index (χ0v) is 14.3. The van der Waals surface area contributed by atoms with Crippen molar-refractivity contribution in [3.63, 3.8) is 0 Å². The van der Waals surface area contributed by atoms with E-state index in [0.29, 0.717) is 13.0 Å². The second-order valence-corrected chi connectivity index (χ2v) is 6.74. The Morgan fingerprint density at radius 1 is 1.22 bits per heavy atom. The van der Waals surface area contributed by atoms with E-state index < -0.39 is 0 Å². The van der Waals surface area contributed by atoms with Crippen LogP contribution < -0.4 is 5.32 Å². The van der Waals surface area contributed by atoms with Crippen LogP contribution in [0.3, 0.4) is 0 Å². The van der Waals surface area contributed by atoms with Gasteiger partial charge in [0.05, 0.1) is 13.0 Å². The summed E-state index contributed by atoms with van der Waals surface area (Å²) in [5.74, 6) is -0.173. The summed E-state index contributed by atoms with van der Waals surface area (Å²) in [6.45, 7) is 8.27. The Morgan fingerprint density at radius 2 is 1.91 bits per heavy atom. The van der Waals surface area contributed by atoms with E-state index in [1.165, 1.54) is 0 Å². The summed E-state index contributed by atoms with van der Waals surface area (Å²) in [6, 6.07) is 7.90. The van der Waals surface area contributed by atoms with Gasteiger partial charge in [-0.15, -0.1) is 0 Å². The van der Waals surface area contributed by atoms with Crippen molar-refractivity contribution in [2.45, 2.75) is 39.7 Å². The molecule has 23 heavy (non-hydrogen) atoms. The number of nitrogens with one attached hydrogen (secondary N) is 2. The molecule has 0 spiro atoms. The number of H-pyrrole nitrogens is 1. The van der Waals surface area contributed by atoms with Crippen molar-refractivity contribution in [2.75, 3.05) is 13.1 Å². The number of hydrogen-bond acceptors (Lipinski definition) is 2. The van der Waals surface area contributed by atoms with E-state index in [2.05, 4.69) is 10.3 Å². The van der Waals surface area contributed by atoms with Crippen LogP contribution in [0, 0.1) is 0 Å². The molecule has 0 atom stereocenters. The van der Waals surface area contributed by atoms with Gasteiger partial charge in [-0.3, -0.25) is 9.59 Å². The molecule has 0 aliphatic heterocycles. The van der Waals surface area contributed by atoms with Crippen LogP contribution in [0.15, 0.2) is 30.5 Å². The molecular weight excluding hydrogens is 290 g/mol. The van der Waals surface area contributed by atoms with Crippen LogP contribution in [-0.4, -0.2) is 40.3 Å². The number of amides is 2. The lowest BCUT2D eigenvalue weighted by atomic mass is 10.1. The maximum Gasteiger partial charge on any atom is 0.240 e. The molecule has 1 aromatic carbocycles. The summed E-state index contributed by atoms with van der Waals surface area (Å²) in [7, 11) is 0. The fraction of sp³-hybridized carbons (Fsp3) is 0.444. The summed E-state index contributed by atoms with van der Waals surface area (Å²) in [5, 5.41) is 3.94. The van der Waals surface area contributed by atoms with Crippen LogP contribution in [-0.2, 0) is 16.0 Å². The molecule has 2 amide bonds. The Bertz CT molecular complexity index is 698. The number of hydrogen-bond donors (Lipinski definition) is 2. The van der Waals surface area contributed by atoms with Gasteiger partial charge in [-0.05, 0) is 39.3 Å². The highest BCUT2D eigenvalue weighted by Gasteiger charge is 2.20. The largest absolute Gasteiger partial charge is 0.361 e. The van der Waals surface area contributed by atoms with Crippen molar-refractivity contribution in [2.24, 2.45) is 0 Å². The molecule has 2 rings (SSSR count). The van der Waals surface area contributed by atoms with Crippen molar-refractivity contribution in [1.29, 1.82) is 0 Å². The maximum atomic E-state index is 12.5. The highest BCUT2D eigenvalue weighted by Crippen LogP contribution is 2.18. The van der Waals surface area contributed by atoms with Crippen LogP contribution in [0.5, 0.6) is 0 Å². The van der Waals surface area contributed by atoms with Gasteiger partial charge in [0, 0.05) is 29.2 Å². The van der Waals surface area contributed by atoms with Gasteiger partial charge in [0.25, 0.3) is 0 Å². The molecular formula is C18H25N3O2. The summed E-state index contributed by atoms with van der Waals surface area (Å²) < 4.78 is 0. The number of fused-ring (bicyclic) bond motifs is 1. The molecule has 1 heterocycles. The van der Waals surface area contributed by atoms with Gasteiger partial charge in [0.15, 0.2) is 0 Å². The van der Waals surface area contributed by atoms with Crippen LogP contribution in [0.25, 0.3) is 10.9 Å².